The van der Waals surface area contributed by atoms with Crippen molar-refractivity contribution in [3.8, 4) is 11.1 Å². The predicted molar refractivity (Wildman–Crippen MR) is 182 cm³/mol. The van der Waals surface area contributed by atoms with Gasteiger partial charge >= 0.3 is 12.2 Å². The van der Waals surface area contributed by atoms with E-state index in [2.05, 4.69) is 10.6 Å². The molecule has 242 valence electrons. The highest BCUT2D eigenvalue weighted by molar-refractivity contribution is 5.94. The number of carbonyl (C=O) groups is 4. The molecule has 0 spiro atoms. The highest BCUT2D eigenvalue weighted by Crippen LogP contribution is 2.36. The average Bonchev–Trinajstić information content (AvgIpc) is 3.09. The fourth-order valence-corrected chi connectivity index (χ4v) is 5.98. The van der Waals surface area contributed by atoms with Crippen LogP contribution in [0.1, 0.15) is 60.0 Å². The maximum Gasteiger partial charge on any atom is 0.412 e. The molecule has 0 atom stereocenters. The van der Waals surface area contributed by atoms with Crippen molar-refractivity contribution < 1.29 is 29.0 Å². The number of alkyl carbamates (subject to hydrolysis) is 1. The third kappa shape index (κ3) is 9.29. The molecule has 47 heavy (non-hydrogen) atoms. The number of aldehydes is 1. The Labute approximate surface area is 274 Å². The van der Waals surface area contributed by atoms with Gasteiger partial charge in [-0.3, -0.25) is 14.5 Å². The Balaban J connectivity index is 1.23. The van der Waals surface area contributed by atoms with Crippen LogP contribution in [0.2, 0.25) is 0 Å². The van der Waals surface area contributed by atoms with Crippen molar-refractivity contribution in [1.82, 2.24) is 5.32 Å². The lowest BCUT2D eigenvalue weighted by atomic mass is 9.89. The summed E-state index contributed by atoms with van der Waals surface area (Å²) in [6.07, 6.45) is 3.13. The highest BCUT2D eigenvalue weighted by atomic mass is 16.5. The molecule has 1 saturated carbocycles. The number of carbonyl (C=O) groups excluding carboxylic acids is 3. The number of hydrogen-bond donors (Lipinski definition) is 3. The first-order valence-electron chi connectivity index (χ1n) is 15.9. The van der Waals surface area contributed by atoms with Crippen LogP contribution in [0.5, 0.6) is 0 Å². The van der Waals surface area contributed by atoms with Crippen LogP contribution >= 0.6 is 0 Å². The van der Waals surface area contributed by atoms with E-state index >= 15 is 0 Å². The molecule has 0 bridgehead atoms. The maximum absolute atomic E-state index is 12.9. The lowest BCUT2D eigenvalue weighted by Gasteiger charge is -2.36. The summed E-state index contributed by atoms with van der Waals surface area (Å²) in [7, 11) is 0. The lowest BCUT2D eigenvalue weighted by Crippen LogP contribution is -2.46. The Hall–Kier alpha value is -5.44. The molecule has 4 aromatic rings. The van der Waals surface area contributed by atoms with Gasteiger partial charge < -0.3 is 20.5 Å². The molecule has 4 aromatic carbocycles. The Morgan fingerprint density at radius 1 is 0.830 bits per heavy atom. The molecular formula is C38H39N3O6. The quantitative estimate of drug-likeness (QED) is 0.137. The van der Waals surface area contributed by atoms with Gasteiger partial charge in [0.15, 0.2) is 0 Å². The summed E-state index contributed by atoms with van der Waals surface area (Å²) in [5.41, 5.74) is 5.35. The van der Waals surface area contributed by atoms with Crippen molar-refractivity contribution in [1.29, 1.82) is 0 Å². The van der Waals surface area contributed by atoms with Crippen LogP contribution in [-0.2, 0) is 22.6 Å². The van der Waals surface area contributed by atoms with Gasteiger partial charge in [-0.2, -0.15) is 0 Å². The van der Waals surface area contributed by atoms with E-state index in [0.717, 1.165) is 28.5 Å². The zero-order chi connectivity index (χ0) is 33.0. The van der Waals surface area contributed by atoms with E-state index in [4.69, 9.17) is 4.74 Å². The Morgan fingerprint density at radius 3 is 2.17 bits per heavy atom. The minimum atomic E-state index is -1.03. The lowest BCUT2D eigenvalue weighted by molar-refractivity contribution is -0.116. The van der Waals surface area contributed by atoms with Gasteiger partial charge in [0.1, 0.15) is 12.9 Å². The number of amides is 3. The largest absolute Gasteiger partial charge is 0.465 e. The van der Waals surface area contributed by atoms with Gasteiger partial charge in [0.2, 0.25) is 5.91 Å². The van der Waals surface area contributed by atoms with Gasteiger partial charge in [-0.1, -0.05) is 72.8 Å². The standard InChI is InChI=1S/C38H39N3O6/c42-25-28-14-17-31(18-15-28)39-36(43)13-7-10-27-16-23-34(30-11-5-2-6-12-30)35(24-27)41(38(45)46)33-21-19-32(20-22-33)40-37(44)47-26-29-8-3-1-4-9-29/h1-6,8-9,11-12,14-18,23-25,32-33H,7,10,13,19-22,26H2,(H,39,43)(H,40,44)(H,45,46). The molecular weight excluding hydrogens is 594 g/mol. The molecule has 5 rings (SSSR count). The van der Waals surface area contributed by atoms with E-state index in [0.29, 0.717) is 61.9 Å². The molecule has 1 fully saturated rings. The van der Waals surface area contributed by atoms with Crippen LogP contribution in [0.4, 0.5) is 21.0 Å². The molecule has 0 heterocycles. The Morgan fingerprint density at radius 2 is 1.51 bits per heavy atom. The van der Waals surface area contributed by atoms with Gasteiger partial charge in [-0.15, -0.1) is 0 Å². The van der Waals surface area contributed by atoms with E-state index < -0.39 is 12.2 Å². The molecule has 9 nitrogen and oxygen atoms in total. The molecule has 3 N–H and O–H groups in total. The van der Waals surface area contributed by atoms with Crippen LogP contribution in [0.3, 0.4) is 0 Å². The van der Waals surface area contributed by atoms with Crippen molar-refractivity contribution in [2.75, 3.05) is 10.2 Å². The van der Waals surface area contributed by atoms with E-state index in [1.165, 1.54) is 4.90 Å². The number of carboxylic acid groups (broad SMARTS) is 1. The summed E-state index contributed by atoms with van der Waals surface area (Å²) in [4.78, 5) is 50.2. The van der Waals surface area contributed by atoms with E-state index in [9.17, 15) is 24.3 Å². The minimum absolute atomic E-state index is 0.0980. The van der Waals surface area contributed by atoms with Crippen LogP contribution in [0.25, 0.3) is 11.1 Å². The molecule has 0 unspecified atom stereocenters. The van der Waals surface area contributed by atoms with Gasteiger partial charge in [-0.05, 0) is 85.5 Å². The molecule has 0 aromatic heterocycles. The second-order valence-corrected chi connectivity index (χ2v) is 11.7. The summed E-state index contributed by atoms with van der Waals surface area (Å²) in [5.74, 6) is -0.133. The molecule has 0 aliphatic heterocycles. The van der Waals surface area contributed by atoms with E-state index in [1.54, 1.807) is 24.3 Å². The smallest absolute Gasteiger partial charge is 0.412 e. The minimum Gasteiger partial charge on any atom is -0.465 e. The highest BCUT2D eigenvalue weighted by Gasteiger charge is 2.32. The first-order valence-corrected chi connectivity index (χ1v) is 15.9. The first-order chi connectivity index (χ1) is 22.9. The number of nitrogens with one attached hydrogen (secondary N) is 2. The summed E-state index contributed by atoms with van der Waals surface area (Å²) in [6, 6.07) is 31.4. The summed E-state index contributed by atoms with van der Waals surface area (Å²) in [6.45, 7) is 0.189. The van der Waals surface area contributed by atoms with Crippen molar-refractivity contribution in [2.24, 2.45) is 0 Å². The summed E-state index contributed by atoms with van der Waals surface area (Å²) < 4.78 is 5.38. The zero-order valence-electron chi connectivity index (χ0n) is 26.1. The molecule has 3 amide bonds. The van der Waals surface area contributed by atoms with E-state index in [-0.39, 0.29) is 24.6 Å². The number of ether oxygens (including phenoxy) is 1. The van der Waals surface area contributed by atoms with Crippen LogP contribution in [-0.4, -0.2) is 41.6 Å². The third-order valence-corrected chi connectivity index (χ3v) is 8.41. The predicted octanol–water partition coefficient (Wildman–Crippen LogP) is 7.85. The normalized spacial score (nSPS) is 15.7. The van der Waals surface area contributed by atoms with Gasteiger partial charge in [0.05, 0.1) is 5.69 Å². The molecule has 9 heteroatoms. The van der Waals surface area contributed by atoms with Crippen molar-refractivity contribution in [3.05, 3.63) is 120 Å². The van der Waals surface area contributed by atoms with Crippen LogP contribution in [0, 0.1) is 0 Å². The zero-order valence-corrected chi connectivity index (χ0v) is 26.1. The molecule has 1 aliphatic carbocycles. The van der Waals surface area contributed by atoms with E-state index in [1.807, 2.05) is 78.9 Å². The molecule has 0 radical (unpaired) electrons. The monoisotopic (exact) mass is 633 g/mol. The number of nitrogens with zero attached hydrogens (tertiary/aromatic N) is 1. The average molecular weight is 634 g/mol. The van der Waals surface area contributed by atoms with Gasteiger partial charge in [0, 0.05) is 35.3 Å². The molecule has 1 aliphatic rings. The summed E-state index contributed by atoms with van der Waals surface area (Å²) in [5, 5.41) is 16.3. The van der Waals surface area contributed by atoms with Crippen molar-refractivity contribution >= 4 is 35.8 Å². The van der Waals surface area contributed by atoms with Crippen LogP contribution in [0.15, 0.2) is 103 Å². The fourth-order valence-electron chi connectivity index (χ4n) is 5.98. The number of benzene rings is 4. The summed E-state index contributed by atoms with van der Waals surface area (Å²) >= 11 is 0. The number of anilines is 2. The van der Waals surface area contributed by atoms with Crippen LogP contribution < -0.4 is 15.5 Å². The third-order valence-electron chi connectivity index (χ3n) is 8.41. The second kappa shape index (κ2) is 16.2. The second-order valence-electron chi connectivity index (χ2n) is 11.7. The molecule has 0 saturated heterocycles. The number of aryl methyl sites for hydroxylation is 1. The van der Waals surface area contributed by atoms with Crippen molar-refractivity contribution in [2.45, 2.75) is 63.6 Å². The fraction of sp³-hybridized carbons (Fsp3) is 0.263. The first kappa shape index (κ1) is 32.9. The SMILES string of the molecule is O=Cc1ccc(NC(=O)CCCc2ccc(-c3ccccc3)c(N(C(=O)O)C3CCC(NC(=O)OCc4ccccc4)CC3)c2)cc1. The Kier molecular flexibility index (Phi) is 11.4. The number of rotatable bonds is 12. The number of hydrogen-bond acceptors (Lipinski definition) is 5. The maximum atomic E-state index is 12.9. The Bertz CT molecular complexity index is 1650. The van der Waals surface area contributed by atoms with Gasteiger partial charge in [-0.25, -0.2) is 9.59 Å². The van der Waals surface area contributed by atoms with Gasteiger partial charge in [0.25, 0.3) is 0 Å². The topological polar surface area (TPSA) is 125 Å². The van der Waals surface area contributed by atoms with Crippen molar-refractivity contribution in [3.63, 3.8) is 0 Å².